The zero-order valence-electron chi connectivity index (χ0n) is 12.4. The Labute approximate surface area is 127 Å². The SMILES string of the molecule is CC(C)(CCC(F)F)C(NC(=O)Oc1ccccc1)C(=O)O. The summed E-state index contributed by atoms with van der Waals surface area (Å²) in [4.78, 5) is 23.1. The maximum absolute atomic E-state index is 12.3. The van der Waals surface area contributed by atoms with Crippen LogP contribution in [0.5, 0.6) is 5.75 Å². The number of hydrogen-bond acceptors (Lipinski definition) is 3. The van der Waals surface area contributed by atoms with Gasteiger partial charge in [0.15, 0.2) is 0 Å². The van der Waals surface area contributed by atoms with E-state index < -0.39 is 36.4 Å². The average molecular weight is 315 g/mol. The van der Waals surface area contributed by atoms with Gasteiger partial charge in [0.2, 0.25) is 6.43 Å². The van der Waals surface area contributed by atoms with Crippen LogP contribution in [-0.2, 0) is 4.79 Å². The highest BCUT2D eigenvalue weighted by atomic mass is 19.3. The van der Waals surface area contributed by atoms with E-state index in [9.17, 15) is 23.5 Å². The van der Waals surface area contributed by atoms with Crippen molar-refractivity contribution < 1.29 is 28.2 Å². The van der Waals surface area contributed by atoms with Gasteiger partial charge in [0.25, 0.3) is 0 Å². The van der Waals surface area contributed by atoms with E-state index in [1.54, 1.807) is 18.2 Å². The Morgan fingerprint density at radius 2 is 1.86 bits per heavy atom. The summed E-state index contributed by atoms with van der Waals surface area (Å²) in [6, 6.07) is 6.79. The van der Waals surface area contributed by atoms with Crippen LogP contribution >= 0.6 is 0 Å². The lowest BCUT2D eigenvalue weighted by Crippen LogP contribution is -2.51. The fourth-order valence-electron chi connectivity index (χ4n) is 1.96. The van der Waals surface area contributed by atoms with E-state index in [1.165, 1.54) is 26.0 Å². The molecule has 0 heterocycles. The number of hydrogen-bond donors (Lipinski definition) is 2. The minimum absolute atomic E-state index is 0.0484. The Kier molecular flexibility index (Phi) is 6.27. The van der Waals surface area contributed by atoms with Crippen molar-refractivity contribution in [3.63, 3.8) is 0 Å². The molecule has 7 heteroatoms. The minimum Gasteiger partial charge on any atom is -0.480 e. The van der Waals surface area contributed by atoms with Crippen LogP contribution in [0.2, 0.25) is 0 Å². The minimum atomic E-state index is -2.52. The van der Waals surface area contributed by atoms with Crippen LogP contribution in [-0.4, -0.2) is 29.6 Å². The fraction of sp³-hybridized carbons (Fsp3) is 0.467. The molecule has 1 atom stereocenters. The highest BCUT2D eigenvalue weighted by Crippen LogP contribution is 2.29. The second kappa shape index (κ2) is 7.72. The number of aliphatic carboxylic acids is 1. The number of alkyl halides is 2. The summed E-state index contributed by atoms with van der Waals surface area (Å²) in [6.45, 7) is 3.02. The van der Waals surface area contributed by atoms with E-state index in [0.29, 0.717) is 0 Å². The van der Waals surface area contributed by atoms with Gasteiger partial charge in [0.1, 0.15) is 11.8 Å². The zero-order valence-corrected chi connectivity index (χ0v) is 12.4. The van der Waals surface area contributed by atoms with Gasteiger partial charge in [-0.1, -0.05) is 32.0 Å². The number of para-hydroxylation sites is 1. The van der Waals surface area contributed by atoms with Crippen LogP contribution in [0.3, 0.4) is 0 Å². The first-order valence-electron chi connectivity index (χ1n) is 6.77. The number of halogens is 2. The summed E-state index contributed by atoms with van der Waals surface area (Å²) in [5.41, 5.74) is -1.04. The first-order chi connectivity index (χ1) is 10.2. The lowest BCUT2D eigenvalue weighted by molar-refractivity contribution is -0.142. The smallest absolute Gasteiger partial charge is 0.413 e. The summed E-state index contributed by atoms with van der Waals surface area (Å²) in [6.07, 6.45) is -3.95. The van der Waals surface area contributed by atoms with Crippen molar-refractivity contribution in [3.8, 4) is 5.75 Å². The van der Waals surface area contributed by atoms with E-state index >= 15 is 0 Å². The highest BCUT2D eigenvalue weighted by molar-refractivity contribution is 5.81. The number of benzene rings is 1. The quantitative estimate of drug-likeness (QED) is 0.809. The van der Waals surface area contributed by atoms with Crippen LogP contribution < -0.4 is 10.1 Å². The molecule has 0 aliphatic carbocycles. The maximum atomic E-state index is 12.3. The summed E-state index contributed by atoms with van der Waals surface area (Å²) in [5.74, 6) is -1.04. The van der Waals surface area contributed by atoms with Gasteiger partial charge in [-0.05, 0) is 24.0 Å². The predicted octanol–water partition coefficient (Wildman–Crippen LogP) is 3.30. The molecule has 1 aromatic rings. The second-order valence-electron chi connectivity index (χ2n) is 5.54. The van der Waals surface area contributed by atoms with Crippen molar-refractivity contribution in [2.24, 2.45) is 5.41 Å². The van der Waals surface area contributed by atoms with Gasteiger partial charge in [-0.15, -0.1) is 0 Å². The summed E-state index contributed by atoms with van der Waals surface area (Å²) in [5, 5.41) is 11.5. The number of nitrogens with one attached hydrogen (secondary N) is 1. The van der Waals surface area contributed by atoms with E-state index in [2.05, 4.69) is 5.32 Å². The van der Waals surface area contributed by atoms with Crippen LogP contribution in [0.4, 0.5) is 13.6 Å². The molecule has 0 saturated heterocycles. The molecular weight excluding hydrogens is 296 g/mol. The van der Waals surface area contributed by atoms with E-state index in [0.717, 1.165) is 0 Å². The molecule has 1 aromatic carbocycles. The average Bonchev–Trinajstić information content (AvgIpc) is 2.43. The number of rotatable bonds is 7. The molecule has 1 amide bonds. The molecule has 0 saturated carbocycles. The van der Waals surface area contributed by atoms with Crippen molar-refractivity contribution in [3.05, 3.63) is 30.3 Å². The van der Waals surface area contributed by atoms with Crippen molar-refractivity contribution in [1.82, 2.24) is 5.32 Å². The summed E-state index contributed by atoms with van der Waals surface area (Å²) in [7, 11) is 0. The number of ether oxygens (including phenoxy) is 1. The number of carbonyl (C=O) groups is 2. The molecule has 0 spiro atoms. The first kappa shape index (κ1) is 17.9. The summed E-state index contributed by atoms with van der Waals surface area (Å²) < 4.78 is 29.6. The van der Waals surface area contributed by atoms with Gasteiger partial charge in [-0.2, -0.15) is 0 Å². The molecule has 5 nitrogen and oxygen atoms in total. The Bertz CT molecular complexity index is 506. The van der Waals surface area contributed by atoms with Crippen LogP contribution in [0, 0.1) is 5.41 Å². The molecule has 0 aliphatic heterocycles. The van der Waals surface area contributed by atoms with Gasteiger partial charge in [-0.3, -0.25) is 0 Å². The standard InChI is InChI=1S/C15H19F2NO4/c1-15(2,9-8-11(16)17)12(13(19)20)18-14(21)22-10-6-4-3-5-7-10/h3-7,11-12H,8-9H2,1-2H3,(H,18,21)(H,19,20). The Balaban J connectivity index is 2.71. The lowest BCUT2D eigenvalue weighted by Gasteiger charge is -2.31. The topological polar surface area (TPSA) is 75.6 Å². The monoisotopic (exact) mass is 315 g/mol. The molecule has 22 heavy (non-hydrogen) atoms. The molecule has 2 N–H and O–H groups in total. The normalized spacial score (nSPS) is 12.8. The lowest BCUT2D eigenvalue weighted by atomic mass is 9.80. The number of carboxylic acid groups (broad SMARTS) is 1. The van der Waals surface area contributed by atoms with Gasteiger partial charge in [-0.25, -0.2) is 18.4 Å². The van der Waals surface area contributed by atoms with Crippen molar-refractivity contribution in [2.45, 2.75) is 39.2 Å². The molecule has 0 aromatic heterocycles. The molecule has 1 unspecified atom stereocenters. The Morgan fingerprint density at radius 3 is 2.36 bits per heavy atom. The number of amides is 1. The summed E-state index contributed by atoms with van der Waals surface area (Å²) >= 11 is 0. The Hall–Kier alpha value is -2.18. The number of carboxylic acids is 1. The van der Waals surface area contributed by atoms with Crippen molar-refractivity contribution in [1.29, 1.82) is 0 Å². The zero-order chi connectivity index (χ0) is 16.8. The third-order valence-corrected chi connectivity index (χ3v) is 3.25. The van der Waals surface area contributed by atoms with Gasteiger partial charge >= 0.3 is 12.1 Å². The Morgan fingerprint density at radius 1 is 1.27 bits per heavy atom. The molecule has 0 radical (unpaired) electrons. The maximum Gasteiger partial charge on any atom is 0.413 e. The van der Waals surface area contributed by atoms with Gasteiger partial charge < -0.3 is 15.2 Å². The van der Waals surface area contributed by atoms with Gasteiger partial charge in [0, 0.05) is 6.42 Å². The van der Waals surface area contributed by atoms with Crippen molar-refractivity contribution in [2.75, 3.05) is 0 Å². The van der Waals surface area contributed by atoms with Crippen LogP contribution in [0.1, 0.15) is 26.7 Å². The first-order valence-corrected chi connectivity index (χ1v) is 6.77. The highest BCUT2D eigenvalue weighted by Gasteiger charge is 2.37. The molecular formula is C15H19F2NO4. The molecule has 0 bridgehead atoms. The van der Waals surface area contributed by atoms with Crippen LogP contribution in [0.15, 0.2) is 30.3 Å². The number of carbonyl (C=O) groups excluding carboxylic acids is 1. The third kappa shape index (κ3) is 5.67. The molecule has 0 fully saturated rings. The third-order valence-electron chi connectivity index (χ3n) is 3.25. The van der Waals surface area contributed by atoms with E-state index in [-0.39, 0.29) is 12.2 Å². The fourth-order valence-corrected chi connectivity index (χ4v) is 1.96. The predicted molar refractivity (Wildman–Crippen MR) is 76.0 cm³/mol. The molecule has 122 valence electrons. The second-order valence-corrected chi connectivity index (χ2v) is 5.54. The molecule has 0 aliphatic rings. The van der Waals surface area contributed by atoms with Crippen LogP contribution in [0.25, 0.3) is 0 Å². The van der Waals surface area contributed by atoms with Gasteiger partial charge in [0.05, 0.1) is 0 Å². The van der Waals surface area contributed by atoms with E-state index in [1.807, 2.05) is 0 Å². The van der Waals surface area contributed by atoms with Crippen molar-refractivity contribution >= 4 is 12.1 Å². The van der Waals surface area contributed by atoms with E-state index in [4.69, 9.17) is 4.74 Å². The largest absolute Gasteiger partial charge is 0.480 e. The molecule has 1 rings (SSSR count).